The van der Waals surface area contributed by atoms with E-state index in [2.05, 4.69) is 15.4 Å². The van der Waals surface area contributed by atoms with E-state index in [1.54, 1.807) is 48.5 Å². The lowest BCUT2D eigenvalue weighted by Crippen LogP contribution is -2.13. The van der Waals surface area contributed by atoms with E-state index in [9.17, 15) is 13.6 Å². The third kappa shape index (κ3) is 3.71. The smallest absolute Gasteiger partial charge is 0.280 e. The van der Waals surface area contributed by atoms with E-state index in [1.807, 2.05) is 13.0 Å². The van der Waals surface area contributed by atoms with Crippen molar-refractivity contribution in [3.05, 3.63) is 78.1 Å². The summed E-state index contributed by atoms with van der Waals surface area (Å²) in [4.78, 5) is 17.4. The number of amides is 1. The Hall–Kier alpha value is -3.81. The first-order chi connectivity index (χ1) is 14.6. The monoisotopic (exact) mass is 408 g/mol. The average Bonchev–Trinajstić information content (AvgIpc) is 3.19. The van der Waals surface area contributed by atoms with Gasteiger partial charge in [0.15, 0.2) is 5.65 Å². The predicted molar refractivity (Wildman–Crippen MR) is 109 cm³/mol. The van der Waals surface area contributed by atoms with Gasteiger partial charge in [0.25, 0.3) is 12.3 Å². The topological polar surface area (TPSA) is 68.5 Å². The molecule has 0 fully saturated rings. The zero-order valence-corrected chi connectivity index (χ0v) is 16.0. The number of benzene rings is 2. The second kappa shape index (κ2) is 8.28. The maximum absolute atomic E-state index is 13.7. The minimum absolute atomic E-state index is 0.0537. The minimum Gasteiger partial charge on any atom is -0.492 e. The van der Waals surface area contributed by atoms with Gasteiger partial charge in [-0.05, 0) is 25.1 Å². The van der Waals surface area contributed by atoms with Gasteiger partial charge >= 0.3 is 0 Å². The van der Waals surface area contributed by atoms with Gasteiger partial charge in [-0.1, -0.05) is 42.5 Å². The number of nitrogens with one attached hydrogen (secondary N) is 1. The van der Waals surface area contributed by atoms with Crippen LogP contribution < -0.4 is 10.1 Å². The number of fused-ring (bicyclic) bond motifs is 1. The maximum Gasteiger partial charge on any atom is 0.280 e. The van der Waals surface area contributed by atoms with Crippen molar-refractivity contribution in [1.82, 2.24) is 14.6 Å². The van der Waals surface area contributed by atoms with Crippen molar-refractivity contribution in [1.29, 1.82) is 0 Å². The number of rotatable bonds is 6. The molecule has 4 rings (SSSR count). The molecule has 0 aliphatic rings. The van der Waals surface area contributed by atoms with Crippen molar-refractivity contribution < 1.29 is 18.3 Å². The molecule has 2 aromatic carbocycles. The molecule has 1 N–H and O–H groups in total. The molecule has 2 aromatic heterocycles. The number of hydrogen-bond acceptors (Lipinski definition) is 4. The van der Waals surface area contributed by atoms with Gasteiger partial charge in [0.2, 0.25) is 0 Å². The Morgan fingerprint density at radius 1 is 1.13 bits per heavy atom. The second-order valence-electron chi connectivity index (χ2n) is 6.41. The van der Waals surface area contributed by atoms with E-state index in [1.165, 1.54) is 12.3 Å². The molecule has 1 amide bonds. The lowest BCUT2D eigenvalue weighted by atomic mass is 10.1. The molecule has 0 radical (unpaired) electrons. The van der Waals surface area contributed by atoms with Crippen LogP contribution in [0.3, 0.4) is 0 Å². The summed E-state index contributed by atoms with van der Waals surface area (Å²) in [6.07, 6.45) is -1.55. The SMILES string of the molecule is CCOc1ccccc1NC(=O)c1cnn2c(C(F)F)cc(-c3ccccc3)nc12. The van der Waals surface area contributed by atoms with E-state index >= 15 is 0 Å². The zero-order chi connectivity index (χ0) is 21.1. The standard InChI is InChI=1S/C22H18F2N4O2/c1-2-30-19-11-7-6-10-16(19)27-22(29)15-13-25-28-18(20(23)24)12-17(26-21(15)28)14-8-4-3-5-9-14/h3-13,20H,2H2,1H3,(H,27,29). The van der Waals surface area contributed by atoms with Gasteiger partial charge in [0.05, 0.1) is 24.2 Å². The fraction of sp³-hybridized carbons (Fsp3) is 0.136. The number of halogens is 2. The van der Waals surface area contributed by atoms with Crippen LogP contribution in [0.25, 0.3) is 16.9 Å². The van der Waals surface area contributed by atoms with E-state index in [0.717, 1.165) is 4.52 Å². The maximum atomic E-state index is 13.7. The van der Waals surface area contributed by atoms with Crippen molar-refractivity contribution >= 4 is 17.2 Å². The Morgan fingerprint density at radius 2 is 1.87 bits per heavy atom. The fourth-order valence-electron chi connectivity index (χ4n) is 3.10. The summed E-state index contributed by atoms with van der Waals surface area (Å²) >= 11 is 0. The molecular formula is C22H18F2N4O2. The summed E-state index contributed by atoms with van der Waals surface area (Å²) in [6.45, 7) is 2.27. The molecule has 0 aliphatic heterocycles. The number of alkyl halides is 2. The van der Waals surface area contributed by atoms with Crippen LogP contribution in [0.1, 0.15) is 29.4 Å². The Morgan fingerprint density at radius 3 is 2.60 bits per heavy atom. The first-order valence-electron chi connectivity index (χ1n) is 9.34. The number of ether oxygens (including phenoxy) is 1. The third-order valence-corrected chi connectivity index (χ3v) is 4.47. The molecule has 0 atom stereocenters. The highest BCUT2D eigenvalue weighted by Gasteiger charge is 2.22. The normalized spacial score (nSPS) is 11.1. The number of anilines is 1. The molecule has 30 heavy (non-hydrogen) atoms. The number of carbonyl (C=O) groups is 1. The molecular weight excluding hydrogens is 390 g/mol. The first kappa shape index (κ1) is 19.5. The van der Waals surface area contributed by atoms with Gasteiger partial charge in [0, 0.05) is 5.56 Å². The number of carbonyl (C=O) groups excluding carboxylic acids is 1. The number of aromatic nitrogens is 3. The summed E-state index contributed by atoms with van der Waals surface area (Å²) in [5, 5.41) is 6.73. The van der Waals surface area contributed by atoms with E-state index in [0.29, 0.717) is 29.3 Å². The number of nitrogens with zero attached hydrogens (tertiary/aromatic N) is 3. The summed E-state index contributed by atoms with van der Waals surface area (Å²) in [5.74, 6) is -0.00823. The summed E-state index contributed by atoms with van der Waals surface area (Å²) in [7, 11) is 0. The molecule has 8 heteroatoms. The van der Waals surface area contributed by atoms with Gasteiger partial charge in [-0.15, -0.1) is 0 Å². The van der Waals surface area contributed by atoms with Crippen molar-refractivity contribution in [2.24, 2.45) is 0 Å². The highest BCUT2D eigenvalue weighted by atomic mass is 19.3. The van der Waals surface area contributed by atoms with Crippen molar-refractivity contribution in [2.75, 3.05) is 11.9 Å². The summed E-state index contributed by atoms with van der Waals surface area (Å²) < 4.78 is 33.9. The first-order valence-corrected chi connectivity index (χ1v) is 9.34. The molecule has 4 aromatic rings. The van der Waals surface area contributed by atoms with Crippen LogP contribution in [0.15, 0.2) is 66.9 Å². The van der Waals surface area contributed by atoms with E-state index in [4.69, 9.17) is 4.74 Å². The summed E-state index contributed by atoms with van der Waals surface area (Å²) in [6, 6.07) is 17.2. The molecule has 2 heterocycles. The molecule has 0 saturated carbocycles. The van der Waals surface area contributed by atoms with Crippen LogP contribution >= 0.6 is 0 Å². The van der Waals surface area contributed by atoms with Gasteiger partial charge in [-0.2, -0.15) is 5.10 Å². The predicted octanol–water partition coefficient (Wildman–Crippen LogP) is 4.98. The fourth-order valence-corrected chi connectivity index (χ4v) is 3.10. The van der Waals surface area contributed by atoms with Gasteiger partial charge in [0.1, 0.15) is 17.0 Å². The average molecular weight is 408 g/mol. The van der Waals surface area contributed by atoms with Gasteiger partial charge < -0.3 is 10.1 Å². The molecule has 6 nitrogen and oxygen atoms in total. The van der Waals surface area contributed by atoms with Crippen LogP contribution in [0.5, 0.6) is 5.75 Å². The highest BCUT2D eigenvalue weighted by molar-refractivity contribution is 6.08. The second-order valence-corrected chi connectivity index (χ2v) is 6.41. The van der Waals surface area contributed by atoms with Gasteiger partial charge in [-0.3, -0.25) is 4.79 Å². The van der Waals surface area contributed by atoms with Crippen molar-refractivity contribution in [3.8, 4) is 17.0 Å². The molecule has 0 unspecified atom stereocenters. The largest absolute Gasteiger partial charge is 0.492 e. The lowest BCUT2D eigenvalue weighted by molar-refractivity contribution is 0.102. The van der Waals surface area contributed by atoms with Crippen LogP contribution in [-0.4, -0.2) is 27.1 Å². The minimum atomic E-state index is -2.78. The van der Waals surface area contributed by atoms with Crippen LogP contribution in [0.4, 0.5) is 14.5 Å². The van der Waals surface area contributed by atoms with Crippen molar-refractivity contribution in [3.63, 3.8) is 0 Å². The van der Waals surface area contributed by atoms with Gasteiger partial charge in [-0.25, -0.2) is 18.3 Å². The number of para-hydroxylation sites is 2. The molecule has 0 spiro atoms. The van der Waals surface area contributed by atoms with E-state index < -0.39 is 12.3 Å². The molecule has 0 saturated heterocycles. The molecule has 152 valence electrons. The van der Waals surface area contributed by atoms with Crippen LogP contribution in [-0.2, 0) is 0 Å². The van der Waals surface area contributed by atoms with E-state index in [-0.39, 0.29) is 16.9 Å². The Kier molecular flexibility index (Phi) is 5.38. The van der Waals surface area contributed by atoms with Crippen molar-refractivity contribution in [2.45, 2.75) is 13.3 Å². The zero-order valence-electron chi connectivity index (χ0n) is 16.0. The highest BCUT2D eigenvalue weighted by Crippen LogP contribution is 2.28. The third-order valence-electron chi connectivity index (χ3n) is 4.47. The Balaban J connectivity index is 1.78. The molecule has 0 aliphatic carbocycles. The van der Waals surface area contributed by atoms with Crippen LogP contribution in [0.2, 0.25) is 0 Å². The lowest BCUT2D eigenvalue weighted by Gasteiger charge is -2.11. The quantitative estimate of drug-likeness (QED) is 0.488. The summed E-state index contributed by atoms with van der Waals surface area (Å²) in [5.41, 5.74) is 1.27. The Labute approximate surface area is 171 Å². The van der Waals surface area contributed by atoms with Crippen LogP contribution in [0, 0.1) is 0 Å². The molecule has 0 bridgehead atoms. The number of hydrogen-bond donors (Lipinski definition) is 1. The Bertz CT molecular complexity index is 1190.